The van der Waals surface area contributed by atoms with E-state index in [1.807, 2.05) is 0 Å². The molecule has 0 saturated carbocycles. The molecule has 0 aliphatic heterocycles. The first kappa shape index (κ1) is 9.20. The van der Waals surface area contributed by atoms with Gasteiger partial charge >= 0.3 is 0 Å². The van der Waals surface area contributed by atoms with E-state index in [1.165, 1.54) is 6.07 Å². The van der Waals surface area contributed by atoms with Crippen LogP contribution in [0.4, 0.5) is 0 Å². The largest absolute Gasteiger partial charge is 0.506 e. The maximum absolute atomic E-state index is 11.3. The van der Waals surface area contributed by atoms with Crippen molar-refractivity contribution in [2.24, 2.45) is 5.73 Å². The molecule has 1 aromatic heterocycles. The predicted molar refractivity (Wildman–Crippen MR) is 46.8 cm³/mol. The van der Waals surface area contributed by atoms with E-state index in [2.05, 4.69) is 0 Å². The summed E-state index contributed by atoms with van der Waals surface area (Å²) in [6.07, 6.45) is 1.13. The summed E-state index contributed by atoms with van der Waals surface area (Å²) in [4.78, 5) is 33.5. The molecule has 1 aliphatic rings. The van der Waals surface area contributed by atoms with Crippen molar-refractivity contribution in [2.45, 2.75) is 0 Å². The number of ketones is 2. The van der Waals surface area contributed by atoms with Crippen LogP contribution in [0, 0.1) is 0 Å². The number of carbonyl (C=O) groups is 3. The third-order valence-electron chi connectivity index (χ3n) is 2.04. The molecule has 6 nitrogen and oxygen atoms in total. The minimum Gasteiger partial charge on any atom is -0.506 e. The zero-order valence-corrected chi connectivity index (χ0v) is 7.31. The maximum atomic E-state index is 11.3. The van der Waals surface area contributed by atoms with E-state index >= 15 is 0 Å². The number of carbonyl (C=O) groups excluding carboxylic acids is 3. The normalized spacial score (nSPS) is 15.5. The highest BCUT2D eigenvalue weighted by Gasteiger charge is 2.37. The number of Topliss-reactive ketones (excluding diaryl/α,β-unsaturated/α-hetero) is 2. The highest BCUT2D eigenvalue weighted by Crippen LogP contribution is 2.28. The van der Waals surface area contributed by atoms with Gasteiger partial charge in [-0.3, -0.25) is 14.4 Å². The number of primary amides is 1. The van der Waals surface area contributed by atoms with Crippen LogP contribution in [0.3, 0.4) is 0 Å². The number of fused-ring (bicyclic) bond motifs is 1. The summed E-state index contributed by atoms with van der Waals surface area (Å²) < 4.78 is 4.72. The molecule has 0 fully saturated rings. The van der Waals surface area contributed by atoms with Gasteiger partial charge in [0.25, 0.3) is 11.7 Å². The van der Waals surface area contributed by atoms with Crippen LogP contribution in [0.1, 0.15) is 16.1 Å². The van der Waals surface area contributed by atoms with Crippen LogP contribution in [-0.4, -0.2) is 22.6 Å². The lowest BCUT2D eigenvalue weighted by molar-refractivity contribution is -0.119. The Labute approximate surface area is 83.0 Å². The van der Waals surface area contributed by atoms with Crippen molar-refractivity contribution >= 4 is 23.2 Å². The van der Waals surface area contributed by atoms with Gasteiger partial charge in [-0.1, -0.05) is 0 Å². The molecule has 0 spiro atoms. The quantitative estimate of drug-likeness (QED) is 0.489. The maximum Gasteiger partial charge on any atom is 0.269 e. The summed E-state index contributed by atoms with van der Waals surface area (Å²) in [5, 5.41) is 9.51. The fourth-order valence-electron chi connectivity index (χ4n) is 1.36. The molecule has 0 saturated heterocycles. The fraction of sp³-hybridized carbons (Fsp3) is 0. The Morgan fingerprint density at radius 2 is 2.00 bits per heavy atom. The standard InChI is InChI=1S/C9H5NO5/c10-9(14)4-5(11)3-1-2-15-8(3)7(13)6(4)12/h1-2,11H,(H2,10,14). The number of rotatable bonds is 1. The Bertz CT molecular complexity index is 522. The molecule has 1 aliphatic carbocycles. The van der Waals surface area contributed by atoms with Crippen LogP contribution in [0.15, 0.2) is 22.3 Å². The van der Waals surface area contributed by atoms with E-state index in [0.717, 1.165) is 6.26 Å². The van der Waals surface area contributed by atoms with Gasteiger partial charge in [0.2, 0.25) is 5.78 Å². The Morgan fingerprint density at radius 1 is 1.33 bits per heavy atom. The molecule has 76 valence electrons. The van der Waals surface area contributed by atoms with Crippen LogP contribution in [-0.2, 0) is 9.59 Å². The van der Waals surface area contributed by atoms with Crippen LogP contribution in [0.2, 0.25) is 0 Å². The number of aliphatic hydroxyl groups is 1. The van der Waals surface area contributed by atoms with Crippen molar-refractivity contribution in [3.05, 3.63) is 29.2 Å². The summed E-state index contributed by atoms with van der Waals surface area (Å²) in [6.45, 7) is 0. The van der Waals surface area contributed by atoms with Crippen LogP contribution in [0.25, 0.3) is 5.76 Å². The van der Waals surface area contributed by atoms with E-state index in [1.54, 1.807) is 0 Å². The molecule has 1 amide bonds. The smallest absolute Gasteiger partial charge is 0.269 e. The van der Waals surface area contributed by atoms with E-state index in [-0.39, 0.29) is 11.3 Å². The Balaban J connectivity index is 2.76. The van der Waals surface area contributed by atoms with Gasteiger partial charge in [0.05, 0.1) is 11.8 Å². The lowest BCUT2D eigenvalue weighted by Gasteiger charge is -2.10. The SMILES string of the molecule is NC(=O)C1=C(O)c2ccoc2C(=O)C1=O. The summed E-state index contributed by atoms with van der Waals surface area (Å²) in [5.41, 5.74) is 4.18. The summed E-state index contributed by atoms with van der Waals surface area (Å²) in [5.74, 6) is -4.17. The van der Waals surface area contributed by atoms with Crippen molar-refractivity contribution in [2.75, 3.05) is 0 Å². The van der Waals surface area contributed by atoms with Gasteiger partial charge in [-0.15, -0.1) is 0 Å². The van der Waals surface area contributed by atoms with Gasteiger partial charge in [-0.05, 0) is 6.07 Å². The average molecular weight is 207 g/mol. The molecule has 0 aromatic carbocycles. The van der Waals surface area contributed by atoms with Crippen LogP contribution in [0.5, 0.6) is 0 Å². The number of amides is 1. The minimum atomic E-state index is -1.15. The molecule has 2 rings (SSSR count). The van der Waals surface area contributed by atoms with Crippen LogP contribution >= 0.6 is 0 Å². The fourth-order valence-corrected chi connectivity index (χ4v) is 1.36. The third kappa shape index (κ3) is 1.08. The van der Waals surface area contributed by atoms with Crippen LogP contribution < -0.4 is 5.73 Å². The van der Waals surface area contributed by atoms with Crippen molar-refractivity contribution in [3.8, 4) is 0 Å². The average Bonchev–Trinajstić information content (AvgIpc) is 2.62. The van der Waals surface area contributed by atoms with Crippen molar-refractivity contribution in [3.63, 3.8) is 0 Å². The minimum absolute atomic E-state index is 0.00778. The number of furan rings is 1. The first-order chi connectivity index (χ1) is 7.04. The van der Waals surface area contributed by atoms with Gasteiger partial charge in [0.1, 0.15) is 11.3 Å². The Hall–Kier alpha value is -2.37. The molecule has 0 bridgehead atoms. The first-order valence-corrected chi connectivity index (χ1v) is 3.94. The van der Waals surface area contributed by atoms with Crippen molar-refractivity contribution < 1.29 is 23.9 Å². The van der Waals surface area contributed by atoms with Gasteiger partial charge in [0.15, 0.2) is 5.76 Å². The Morgan fingerprint density at radius 3 is 2.60 bits per heavy atom. The lowest BCUT2D eigenvalue weighted by Crippen LogP contribution is -2.31. The van der Waals surface area contributed by atoms with Gasteiger partial charge in [-0.2, -0.15) is 0 Å². The first-order valence-electron chi connectivity index (χ1n) is 3.94. The predicted octanol–water partition coefficient (Wildman–Crippen LogP) is -0.201. The third-order valence-corrected chi connectivity index (χ3v) is 2.04. The second-order valence-corrected chi connectivity index (χ2v) is 2.91. The van der Waals surface area contributed by atoms with E-state index in [9.17, 15) is 19.5 Å². The molecular formula is C9H5NO5. The topological polar surface area (TPSA) is 111 Å². The van der Waals surface area contributed by atoms with Crippen molar-refractivity contribution in [1.29, 1.82) is 0 Å². The second-order valence-electron chi connectivity index (χ2n) is 2.91. The summed E-state index contributed by atoms with van der Waals surface area (Å²) in [7, 11) is 0. The zero-order chi connectivity index (χ0) is 11.2. The van der Waals surface area contributed by atoms with E-state index in [0.29, 0.717) is 0 Å². The molecule has 1 heterocycles. The monoisotopic (exact) mass is 207 g/mol. The lowest BCUT2D eigenvalue weighted by atomic mass is 9.93. The Kier molecular flexibility index (Phi) is 1.72. The number of nitrogens with two attached hydrogens (primary N) is 1. The molecule has 15 heavy (non-hydrogen) atoms. The summed E-state index contributed by atoms with van der Waals surface area (Å²) >= 11 is 0. The second kappa shape index (κ2) is 2.81. The van der Waals surface area contributed by atoms with Gasteiger partial charge in [0, 0.05) is 0 Å². The molecule has 6 heteroatoms. The molecular weight excluding hydrogens is 202 g/mol. The number of hydrogen-bond acceptors (Lipinski definition) is 5. The molecule has 0 unspecified atom stereocenters. The number of aliphatic hydroxyl groups excluding tert-OH is 1. The highest BCUT2D eigenvalue weighted by molar-refractivity contribution is 6.56. The molecule has 0 atom stereocenters. The van der Waals surface area contributed by atoms with Gasteiger partial charge < -0.3 is 15.3 Å². The molecule has 3 N–H and O–H groups in total. The summed E-state index contributed by atoms with van der Waals surface area (Å²) in [6, 6.07) is 1.28. The van der Waals surface area contributed by atoms with E-state index < -0.39 is 28.8 Å². The zero-order valence-electron chi connectivity index (χ0n) is 7.31. The highest BCUT2D eigenvalue weighted by atomic mass is 16.3. The molecule has 0 radical (unpaired) electrons. The number of hydrogen-bond donors (Lipinski definition) is 2. The van der Waals surface area contributed by atoms with Gasteiger partial charge in [-0.25, -0.2) is 0 Å². The van der Waals surface area contributed by atoms with Crippen molar-refractivity contribution in [1.82, 2.24) is 0 Å². The van der Waals surface area contributed by atoms with E-state index in [4.69, 9.17) is 10.2 Å². The molecule has 1 aromatic rings.